The fourth-order valence-electron chi connectivity index (χ4n) is 2.98. The van der Waals surface area contributed by atoms with E-state index in [9.17, 15) is 9.59 Å². The Balaban J connectivity index is 1.81. The van der Waals surface area contributed by atoms with Crippen LogP contribution in [0.3, 0.4) is 0 Å². The van der Waals surface area contributed by atoms with Crippen LogP contribution in [0.15, 0.2) is 39.9 Å². The first-order valence-corrected chi connectivity index (χ1v) is 8.41. The van der Waals surface area contributed by atoms with Crippen LogP contribution in [-0.2, 0) is 14.1 Å². The molecule has 1 aromatic carbocycles. The van der Waals surface area contributed by atoms with Gasteiger partial charge in [-0.1, -0.05) is 17.7 Å². The molecule has 0 atom stereocenters. The van der Waals surface area contributed by atoms with E-state index in [1.54, 1.807) is 11.7 Å². The van der Waals surface area contributed by atoms with Gasteiger partial charge in [0.15, 0.2) is 11.2 Å². The number of hydrogen-bond acceptors (Lipinski definition) is 5. The van der Waals surface area contributed by atoms with Crippen LogP contribution in [0.25, 0.3) is 16.9 Å². The second kappa shape index (κ2) is 5.97. The Bertz CT molecular complexity index is 1270. The van der Waals surface area contributed by atoms with Gasteiger partial charge in [0.25, 0.3) is 5.56 Å². The van der Waals surface area contributed by atoms with Crippen molar-refractivity contribution in [1.29, 1.82) is 0 Å². The third-order valence-corrected chi connectivity index (χ3v) is 4.45. The number of benzene rings is 1. The van der Waals surface area contributed by atoms with E-state index in [1.807, 2.05) is 44.2 Å². The number of nitrogens with zero attached hydrogens (tertiary/aromatic N) is 5. The normalized spacial score (nSPS) is 11.3. The third kappa shape index (κ3) is 2.73. The number of H-pyrrole nitrogens is 1. The van der Waals surface area contributed by atoms with E-state index < -0.39 is 11.2 Å². The standard InChI is InChI=1S/C18H19N7O2/c1-10-5-7-12(8-6-10)25-13(9-11(2)22-25)19-17-20-14-15(21-17)23(3)18(27)24(4)16(14)26/h5-9H,1-4H3,(H2,19,20,21). The Labute approximate surface area is 153 Å². The van der Waals surface area contributed by atoms with Crippen molar-refractivity contribution < 1.29 is 0 Å². The quantitative estimate of drug-likeness (QED) is 0.573. The maximum Gasteiger partial charge on any atom is 0.332 e. The average molecular weight is 365 g/mol. The molecule has 27 heavy (non-hydrogen) atoms. The summed E-state index contributed by atoms with van der Waals surface area (Å²) in [5.74, 6) is 1.05. The zero-order chi connectivity index (χ0) is 19.3. The van der Waals surface area contributed by atoms with Crippen LogP contribution in [0.4, 0.5) is 11.8 Å². The second-order valence-electron chi connectivity index (χ2n) is 6.53. The van der Waals surface area contributed by atoms with Gasteiger partial charge in [-0.25, -0.2) is 9.48 Å². The van der Waals surface area contributed by atoms with Crippen LogP contribution in [0.1, 0.15) is 11.3 Å². The number of anilines is 2. The van der Waals surface area contributed by atoms with Crippen molar-refractivity contribution >= 4 is 22.9 Å². The predicted molar refractivity (Wildman–Crippen MR) is 103 cm³/mol. The average Bonchev–Trinajstić information content (AvgIpc) is 3.23. The second-order valence-corrected chi connectivity index (χ2v) is 6.53. The molecule has 0 spiro atoms. The van der Waals surface area contributed by atoms with Gasteiger partial charge in [-0.2, -0.15) is 10.1 Å². The van der Waals surface area contributed by atoms with E-state index in [0.717, 1.165) is 21.5 Å². The van der Waals surface area contributed by atoms with Gasteiger partial charge in [-0.05, 0) is 26.0 Å². The molecule has 0 aliphatic heterocycles. The molecule has 3 aromatic heterocycles. The van der Waals surface area contributed by atoms with E-state index in [-0.39, 0.29) is 5.52 Å². The lowest BCUT2D eigenvalue weighted by Gasteiger charge is -2.08. The molecule has 4 rings (SSSR count). The summed E-state index contributed by atoms with van der Waals surface area (Å²) in [5, 5.41) is 7.67. The molecule has 0 aliphatic rings. The molecule has 0 fully saturated rings. The van der Waals surface area contributed by atoms with Crippen LogP contribution in [0, 0.1) is 13.8 Å². The van der Waals surface area contributed by atoms with E-state index in [1.165, 1.54) is 11.6 Å². The number of hydrogen-bond donors (Lipinski definition) is 2. The lowest BCUT2D eigenvalue weighted by Crippen LogP contribution is -2.36. The zero-order valence-corrected chi connectivity index (χ0v) is 15.4. The summed E-state index contributed by atoms with van der Waals surface area (Å²) in [5.41, 5.74) is 2.60. The van der Waals surface area contributed by atoms with E-state index in [0.29, 0.717) is 17.4 Å². The first kappa shape index (κ1) is 16.8. The molecule has 0 bridgehead atoms. The summed E-state index contributed by atoms with van der Waals surface area (Å²) in [4.78, 5) is 31.7. The Morgan fingerprint density at radius 2 is 1.74 bits per heavy atom. The topological polar surface area (TPSA) is 103 Å². The molecular weight excluding hydrogens is 346 g/mol. The lowest BCUT2D eigenvalue weighted by molar-refractivity contribution is 0.709. The molecule has 2 N–H and O–H groups in total. The number of rotatable bonds is 3. The van der Waals surface area contributed by atoms with Gasteiger partial charge in [-0.3, -0.25) is 13.9 Å². The Kier molecular flexibility index (Phi) is 3.72. The van der Waals surface area contributed by atoms with Gasteiger partial charge in [-0.15, -0.1) is 0 Å². The Morgan fingerprint density at radius 1 is 1.04 bits per heavy atom. The Morgan fingerprint density at radius 3 is 2.44 bits per heavy atom. The van der Waals surface area contributed by atoms with Crippen molar-refractivity contribution in [3.8, 4) is 5.69 Å². The largest absolute Gasteiger partial charge is 0.332 e. The minimum absolute atomic E-state index is 0.264. The molecule has 0 saturated carbocycles. The van der Waals surface area contributed by atoms with Gasteiger partial charge in [0.2, 0.25) is 5.95 Å². The molecule has 9 nitrogen and oxygen atoms in total. The number of aryl methyl sites for hydroxylation is 3. The van der Waals surface area contributed by atoms with Crippen LogP contribution < -0.4 is 16.6 Å². The fraction of sp³-hybridized carbons (Fsp3) is 0.222. The number of aromatic nitrogens is 6. The third-order valence-electron chi connectivity index (χ3n) is 4.45. The molecule has 0 saturated heterocycles. The maximum absolute atomic E-state index is 12.3. The highest BCUT2D eigenvalue weighted by Crippen LogP contribution is 2.21. The SMILES string of the molecule is Cc1ccc(-n2nc(C)cc2Nc2nc3c([nH]2)c(=O)n(C)c(=O)n3C)cc1. The predicted octanol–water partition coefficient (Wildman–Crippen LogP) is 1.51. The zero-order valence-electron chi connectivity index (χ0n) is 15.4. The van der Waals surface area contributed by atoms with Gasteiger partial charge in [0.05, 0.1) is 11.4 Å². The summed E-state index contributed by atoms with van der Waals surface area (Å²) < 4.78 is 4.14. The maximum atomic E-state index is 12.3. The number of nitrogens with one attached hydrogen (secondary N) is 2. The molecule has 0 amide bonds. The summed E-state index contributed by atoms with van der Waals surface area (Å²) in [7, 11) is 3.02. The van der Waals surface area contributed by atoms with Crippen molar-refractivity contribution in [2.24, 2.45) is 14.1 Å². The van der Waals surface area contributed by atoms with Crippen molar-refractivity contribution in [3.05, 3.63) is 62.4 Å². The van der Waals surface area contributed by atoms with E-state index in [2.05, 4.69) is 20.4 Å². The van der Waals surface area contributed by atoms with Crippen LogP contribution in [-0.4, -0.2) is 28.9 Å². The van der Waals surface area contributed by atoms with Crippen molar-refractivity contribution in [2.75, 3.05) is 5.32 Å². The van der Waals surface area contributed by atoms with Gasteiger partial charge >= 0.3 is 5.69 Å². The molecule has 4 aromatic rings. The summed E-state index contributed by atoms with van der Waals surface area (Å²) >= 11 is 0. The first-order chi connectivity index (χ1) is 12.8. The van der Waals surface area contributed by atoms with Crippen LogP contribution >= 0.6 is 0 Å². The molecule has 0 radical (unpaired) electrons. The lowest BCUT2D eigenvalue weighted by atomic mass is 10.2. The molecule has 0 unspecified atom stereocenters. The highest BCUT2D eigenvalue weighted by molar-refractivity contribution is 5.74. The monoisotopic (exact) mass is 365 g/mol. The molecule has 138 valence electrons. The number of imidazole rings is 1. The molecule has 3 heterocycles. The summed E-state index contributed by atoms with van der Waals surface area (Å²) in [6.07, 6.45) is 0. The van der Waals surface area contributed by atoms with E-state index >= 15 is 0 Å². The van der Waals surface area contributed by atoms with Gasteiger partial charge in [0, 0.05) is 20.2 Å². The fourth-order valence-corrected chi connectivity index (χ4v) is 2.98. The minimum atomic E-state index is -0.425. The first-order valence-electron chi connectivity index (χ1n) is 8.41. The van der Waals surface area contributed by atoms with Gasteiger partial charge in [0.1, 0.15) is 5.82 Å². The van der Waals surface area contributed by atoms with Crippen molar-refractivity contribution in [3.63, 3.8) is 0 Å². The number of fused-ring (bicyclic) bond motifs is 1. The molecule has 0 aliphatic carbocycles. The summed E-state index contributed by atoms with van der Waals surface area (Å²) in [6.45, 7) is 3.92. The van der Waals surface area contributed by atoms with Crippen LogP contribution in [0.5, 0.6) is 0 Å². The summed E-state index contributed by atoms with van der Waals surface area (Å²) in [6, 6.07) is 9.86. The smallest absolute Gasteiger partial charge is 0.318 e. The Hall–Kier alpha value is -3.62. The van der Waals surface area contributed by atoms with Crippen molar-refractivity contribution in [2.45, 2.75) is 13.8 Å². The molecular formula is C18H19N7O2. The van der Waals surface area contributed by atoms with Crippen LogP contribution in [0.2, 0.25) is 0 Å². The van der Waals surface area contributed by atoms with Gasteiger partial charge < -0.3 is 10.3 Å². The number of aromatic amines is 1. The van der Waals surface area contributed by atoms with E-state index in [4.69, 9.17) is 0 Å². The minimum Gasteiger partial charge on any atom is -0.318 e. The molecule has 9 heteroatoms. The highest BCUT2D eigenvalue weighted by atomic mass is 16.2. The highest BCUT2D eigenvalue weighted by Gasteiger charge is 2.15. The van der Waals surface area contributed by atoms with Crippen molar-refractivity contribution in [1.82, 2.24) is 28.9 Å².